The summed E-state index contributed by atoms with van der Waals surface area (Å²) in [6.07, 6.45) is 16.8. The highest BCUT2D eigenvalue weighted by molar-refractivity contribution is 7.99. The number of rotatable bonds is 7. The van der Waals surface area contributed by atoms with Crippen LogP contribution in [-0.2, 0) is 0 Å². The predicted octanol–water partition coefficient (Wildman–Crippen LogP) is 6.44. The number of hydrogen-bond acceptors (Lipinski definition) is 3. The summed E-state index contributed by atoms with van der Waals surface area (Å²) in [5, 5.41) is 20.8. The molecule has 0 radical (unpaired) electrons. The topological polar surface area (TPSA) is 40.5 Å². The van der Waals surface area contributed by atoms with Crippen molar-refractivity contribution >= 4 is 11.8 Å². The zero-order valence-electron chi connectivity index (χ0n) is 19.0. The minimum Gasteiger partial charge on any atom is -0.393 e. The molecule has 2 nitrogen and oxygen atoms in total. The molecule has 2 saturated carbocycles. The molecular formula is C26H42O2S. The Kier molecular flexibility index (Phi) is 7.78. The lowest BCUT2D eigenvalue weighted by atomic mass is 9.64. The Labute approximate surface area is 182 Å². The lowest BCUT2D eigenvalue weighted by Gasteiger charge is -2.41. The molecule has 3 aliphatic rings. The molecule has 0 aromatic rings. The number of thioether (sulfide) groups is 1. The van der Waals surface area contributed by atoms with Gasteiger partial charge in [-0.1, -0.05) is 62.6 Å². The molecule has 0 amide bonds. The van der Waals surface area contributed by atoms with Crippen molar-refractivity contribution in [2.24, 2.45) is 17.3 Å². The highest BCUT2D eigenvalue weighted by Gasteiger charge is 2.44. The van der Waals surface area contributed by atoms with Gasteiger partial charge < -0.3 is 10.2 Å². The molecular weight excluding hydrogens is 376 g/mol. The largest absolute Gasteiger partial charge is 0.393 e. The molecule has 3 rings (SSSR count). The Morgan fingerprint density at radius 3 is 2.69 bits per heavy atom. The van der Waals surface area contributed by atoms with Crippen LogP contribution >= 0.6 is 11.8 Å². The first-order valence-electron chi connectivity index (χ1n) is 11.9. The number of aliphatic hydroxyl groups excluding tert-OH is 1. The van der Waals surface area contributed by atoms with E-state index >= 15 is 0 Å². The van der Waals surface area contributed by atoms with Crippen LogP contribution in [0.5, 0.6) is 0 Å². The van der Waals surface area contributed by atoms with E-state index in [-0.39, 0.29) is 6.10 Å². The number of allylic oxidation sites excluding steroid dienone is 4. The van der Waals surface area contributed by atoms with Gasteiger partial charge in [-0.05, 0) is 75.0 Å². The first-order valence-corrected chi connectivity index (χ1v) is 13.0. The number of aliphatic hydroxyl groups is 2. The van der Waals surface area contributed by atoms with Gasteiger partial charge in [0, 0.05) is 11.5 Å². The summed E-state index contributed by atoms with van der Waals surface area (Å²) in [6.45, 7) is 8.83. The fraction of sp³-hybridized carbons (Fsp3) is 0.769. The number of fused-ring (bicyclic) bond motifs is 1. The second-order valence-electron chi connectivity index (χ2n) is 10.1. The van der Waals surface area contributed by atoms with Crippen molar-refractivity contribution in [1.82, 2.24) is 0 Å². The van der Waals surface area contributed by atoms with Crippen LogP contribution in [0.4, 0.5) is 0 Å². The molecule has 3 unspecified atom stereocenters. The zero-order valence-corrected chi connectivity index (χ0v) is 19.9. The molecule has 164 valence electrons. The number of hydrogen-bond donors (Lipinski definition) is 2. The van der Waals surface area contributed by atoms with Gasteiger partial charge in [0.2, 0.25) is 0 Å². The summed E-state index contributed by atoms with van der Waals surface area (Å²) in [6, 6.07) is 0. The van der Waals surface area contributed by atoms with Crippen molar-refractivity contribution < 1.29 is 10.2 Å². The fourth-order valence-corrected chi connectivity index (χ4v) is 7.05. The van der Waals surface area contributed by atoms with Crippen molar-refractivity contribution in [3.05, 3.63) is 34.9 Å². The van der Waals surface area contributed by atoms with Gasteiger partial charge in [-0.2, -0.15) is 11.8 Å². The Morgan fingerprint density at radius 1 is 1.24 bits per heavy atom. The molecule has 2 fully saturated rings. The van der Waals surface area contributed by atoms with E-state index in [9.17, 15) is 10.2 Å². The van der Waals surface area contributed by atoms with Crippen LogP contribution in [0.15, 0.2) is 34.9 Å². The second-order valence-corrected chi connectivity index (χ2v) is 11.1. The summed E-state index contributed by atoms with van der Waals surface area (Å²) in [4.78, 5) is 0. The normalized spacial score (nSPS) is 35.8. The van der Waals surface area contributed by atoms with Crippen LogP contribution in [0.25, 0.3) is 0 Å². The van der Waals surface area contributed by atoms with Gasteiger partial charge >= 0.3 is 0 Å². The monoisotopic (exact) mass is 418 g/mol. The molecule has 0 aromatic carbocycles. The second kappa shape index (κ2) is 9.75. The summed E-state index contributed by atoms with van der Waals surface area (Å²) in [5.41, 5.74) is 4.45. The minimum atomic E-state index is -0.504. The predicted molar refractivity (Wildman–Crippen MR) is 126 cm³/mol. The molecule has 3 aliphatic carbocycles. The maximum absolute atomic E-state index is 10.6. The lowest BCUT2D eigenvalue weighted by molar-refractivity contribution is 0.0572. The summed E-state index contributed by atoms with van der Waals surface area (Å²) in [7, 11) is 0. The summed E-state index contributed by atoms with van der Waals surface area (Å²) in [5.74, 6) is 2.99. The smallest absolute Gasteiger partial charge is 0.0732 e. The molecule has 3 heteroatoms. The Balaban J connectivity index is 1.63. The molecule has 4 atom stereocenters. The Bertz CT molecular complexity index is 658. The van der Waals surface area contributed by atoms with Gasteiger partial charge in [0.05, 0.1) is 11.7 Å². The standard InChI is InChI=1S/C26H42O2S/c1-5-26(28,6-2)18-29-17-22-13-14-23-21(8-7-15-25(22,23)4)12-11-20-10-9-19(3)24(27)16-20/h11-13,19,23-24,27-28H,5-10,14-18H2,1-4H3/b20-11-,21-12+/t19?,23?,24-,25?/m1/s1. The van der Waals surface area contributed by atoms with Gasteiger partial charge in [-0.25, -0.2) is 0 Å². The average molecular weight is 419 g/mol. The Morgan fingerprint density at radius 2 is 2.00 bits per heavy atom. The molecule has 29 heavy (non-hydrogen) atoms. The van der Waals surface area contributed by atoms with E-state index in [2.05, 4.69) is 45.9 Å². The van der Waals surface area contributed by atoms with Crippen LogP contribution in [0.1, 0.15) is 85.5 Å². The van der Waals surface area contributed by atoms with Gasteiger partial charge in [0.15, 0.2) is 0 Å². The molecule has 0 heterocycles. The van der Waals surface area contributed by atoms with Crippen molar-refractivity contribution in [2.45, 2.75) is 97.2 Å². The van der Waals surface area contributed by atoms with Gasteiger partial charge in [0.1, 0.15) is 0 Å². The maximum atomic E-state index is 10.6. The van der Waals surface area contributed by atoms with Crippen LogP contribution in [0.3, 0.4) is 0 Å². The third kappa shape index (κ3) is 5.22. The van der Waals surface area contributed by atoms with E-state index in [1.165, 1.54) is 31.3 Å². The van der Waals surface area contributed by atoms with Crippen LogP contribution in [-0.4, -0.2) is 33.4 Å². The summed E-state index contributed by atoms with van der Waals surface area (Å²) >= 11 is 1.92. The van der Waals surface area contributed by atoms with E-state index in [0.717, 1.165) is 43.6 Å². The van der Waals surface area contributed by atoms with Crippen LogP contribution < -0.4 is 0 Å². The quantitative estimate of drug-likeness (QED) is 0.467. The van der Waals surface area contributed by atoms with E-state index in [1.807, 2.05) is 11.8 Å². The maximum Gasteiger partial charge on any atom is 0.0732 e. The fourth-order valence-electron chi connectivity index (χ4n) is 5.49. The third-order valence-electron chi connectivity index (χ3n) is 8.24. The SMILES string of the molecule is CCC(O)(CC)CSCC1=CCC2/C(=C/C=C3/CCC(C)[C@H](O)C3)CCCC12C. The minimum absolute atomic E-state index is 0.160. The van der Waals surface area contributed by atoms with Crippen molar-refractivity contribution in [3.8, 4) is 0 Å². The van der Waals surface area contributed by atoms with E-state index < -0.39 is 5.60 Å². The van der Waals surface area contributed by atoms with E-state index in [1.54, 1.807) is 11.1 Å². The molecule has 0 spiro atoms. The van der Waals surface area contributed by atoms with Crippen LogP contribution in [0.2, 0.25) is 0 Å². The average Bonchev–Trinajstić information content (AvgIpc) is 3.05. The Hall–Kier alpha value is -0.510. The molecule has 0 saturated heterocycles. The molecule has 2 N–H and O–H groups in total. The highest BCUT2D eigenvalue weighted by Crippen LogP contribution is 2.55. The van der Waals surface area contributed by atoms with Gasteiger partial charge in [0.25, 0.3) is 0 Å². The van der Waals surface area contributed by atoms with Gasteiger partial charge in [-0.3, -0.25) is 0 Å². The highest BCUT2D eigenvalue weighted by atomic mass is 32.2. The van der Waals surface area contributed by atoms with Crippen molar-refractivity contribution in [2.75, 3.05) is 11.5 Å². The molecule has 0 aromatic heterocycles. The summed E-state index contributed by atoms with van der Waals surface area (Å²) < 4.78 is 0. The van der Waals surface area contributed by atoms with E-state index in [4.69, 9.17) is 0 Å². The lowest BCUT2D eigenvalue weighted by Crippen LogP contribution is -2.32. The molecule has 0 aliphatic heterocycles. The third-order valence-corrected chi connectivity index (χ3v) is 9.49. The van der Waals surface area contributed by atoms with Crippen LogP contribution in [0, 0.1) is 17.3 Å². The van der Waals surface area contributed by atoms with Gasteiger partial charge in [-0.15, -0.1) is 0 Å². The zero-order chi connectivity index (χ0) is 21.1. The van der Waals surface area contributed by atoms with E-state index in [0.29, 0.717) is 17.3 Å². The first kappa shape index (κ1) is 23.2. The van der Waals surface area contributed by atoms with Crippen molar-refractivity contribution in [3.63, 3.8) is 0 Å². The first-order chi connectivity index (χ1) is 13.8. The van der Waals surface area contributed by atoms with Crippen molar-refractivity contribution in [1.29, 1.82) is 0 Å². The molecule has 0 bridgehead atoms.